The van der Waals surface area contributed by atoms with E-state index in [0.29, 0.717) is 14.8 Å². The second-order valence-corrected chi connectivity index (χ2v) is 6.86. The number of nitrogens with zero attached hydrogens (tertiary/aromatic N) is 1. The van der Waals surface area contributed by atoms with Crippen molar-refractivity contribution in [3.8, 4) is 11.5 Å². The molecular weight excluding hydrogens is 380 g/mol. The number of methoxy groups -OCH3 is 1. The van der Waals surface area contributed by atoms with Crippen molar-refractivity contribution < 1.29 is 29.3 Å². The molecule has 0 atom stereocenters. The van der Waals surface area contributed by atoms with Gasteiger partial charge in [-0.25, -0.2) is 0 Å². The van der Waals surface area contributed by atoms with Crippen LogP contribution in [0.15, 0.2) is 23.1 Å². The van der Waals surface area contributed by atoms with Gasteiger partial charge in [0.1, 0.15) is 10.9 Å². The molecule has 1 heterocycles. The van der Waals surface area contributed by atoms with Gasteiger partial charge in [-0.1, -0.05) is 30.0 Å². The number of carboxylic acid groups (broad SMARTS) is 1. The lowest BCUT2D eigenvalue weighted by Gasteiger charge is -2.13. The van der Waals surface area contributed by atoms with Gasteiger partial charge in [-0.3, -0.25) is 19.3 Å². The molecule has 1 saturated heterocycles. The maximum atomic E-state index is 12.5. The molecule has 8 nitrogen and oxygen atoms in total. The van der Waals surface area contributed by atoms with Gasteiger partial charge in [-0.05, 0) is 23.8 Å². The molecule has 0 saturated carbocycles. The van der Waals surface area contributed by atoms with Crippen LogP contribution in [0.25, 0.3) is 6.08 Å². The van der Waals surface area contributed by atoms with E-state index in [1.54, 1.807) is 18.2 Å². The number of thioether (sulfide) groups is 1. The Morgan fingerprint density at radius 1 is 1.42 bits per heavy atom. The van der Waals surface area contributed by atoms with Crippen molar-refractivity contribution in [2.75, 3.05) is 20.2 Å². The molecule has 10 heteroatoms. The van der Waals surface area contributed by atoms with Crippen molar-refractivity contribution in [1.82, 2.24) is 10.2 Å². The van der Waals surface area contributed by atoms with Gasteiger partial charge in [0.2, 0.25) is 5.91 Å². The van der Waals surface area contributed by atoms with E-state index in [1.165, 1.54) is 18.1 Å². The number of thiocarbonyl (C=S) groups is 1. The molecule has 1 fully saturated rings. The second-order valence-electron chi connectivity index (χ2n) is 5.19. The summed E-state index contributed by atoms with van der Waals surface area (Å²) in [4.78, 5) is 36.1. The lowest BCUT2D eigenvalue weighted by atomic mass is 10.2. The Morgan fingerprint density at radius 3 is 2.81 bits per heavy atom. The molecule has 0 radical (unpaired) electrons. The van der Waals surface area contributed by atoms with Crippen LogP contribution in [0.2, 0.25) is 0 Å². The van der Waals surface area contributed by atoms with E-state index in [4.69, 9.17) is 22.1 Å². The van der Waals surface area contributed by atoms with Gasteiger partial charge in [0.15, 0.2) is 11.5 Å². The second kappa shape index (κ2) is 8.68. The number of carbonyl (C=O) groups is 3. The molecule has 0 bridgehead atoms. The standard InChI is InChI=1S/C16H16N2O6S2/c1-24-11-6-9(2-3-10(11)19)7-12-15(23)18(16(25)26-12)5-4-13(20)17-8-14(21)22/h2-3,6-7,19H,4-5,8H2,1H3,(H,17,20)(H,21,22)/b12-7-. The average Bonchev–Trinajstić information content (AvgIpc) is 2.86. The summed E-state index contributed by atoms with van der Waals surface area (Å²) in [6.45, 7) is -0.411. The van der Waals surface area contributed by atoms with Crippen molar-refractivity contribution in [3.05, 3.63) is 28.7 Å². The minimum atomic E-state index is -1.14. The lowest BCUT2D eigenvalue weighted by Crippen LogP contribution is -2.35. The first-order valence-electron chi connectivity index (χ1n) is 7.42. The van der Waals surface area contributed by atoms with Gasteiger partial charge in [0.05, 0.1) is 12.0 Å². The van der Waals surface area contributed by atoms with Crippen LogP contribution < -0.4 is 10.1 Å². The molecule has 3 N–H and O–H groups in total. The Morgan fingerprint density at radius 2 is 2.15 bits per heavy atom. The summed E-state index contributed by atoms with van der Waals surface area (Å²) in [6.07, 6.45) is 1.56. The van der Waals surface area contributed by atoms with E-state index in [9.17, 15) is 19.5 Å². The van der Waals surface area contributed by atoms with E-state index in [-0.39, 0.29) is 30.4 Å². The number of carbonyl (C=O) groups excluding carboxylic acids is 2. The number of aliphatic carboxylic acids is 1. The lowest BCUT2D eigenvalue weighted by molar-refractivity contribution is -0.138. The first-order valence-corrected chi connectivity index (χ1v) is 8.65. The summed E-state index contributed by atoms with van der Waals surface area (Å²) >= 11 is 6.28. The van der Waals surface area contributed by atoms with Crippen LogP contribution in [0.5, 0.6) is 11.5 Å². The van der Waals surface area contributed by atoms with Gasteiger partial charge >= 0.3 is 5.97 Å². The SMILES string of the molecule is COc1cc(/C=C2\SC(=S)N(CCC(=O)NCC(=O)O)C2=O)ccc1O. The summed E-state index contributed by atoms with van der Waals surface area (Å²) in [5, 5.41) is 20.4. The van der Waals surface area contributed by atoms with Crippen molar-refractivity contribution in [1.29, 1.82) is 0 Å². The number of rotatable bonds is 7. The van der Waals surface area contributed by atoms with E-state index in [1.807, 2.05) is 0 Å². The van der Waals surface area contributed by atoms with E-state index >= 15 is 0 Å². The number of ether oxygens (including phenoxy) is 1. The topological polar surface area (TPSA) is 116 Å². The highest BCUT2D eigenvalue weighted by Crippen LogP contribution is 2.34. The summed E-state index contributed by atoms with van der Waals surface area (Å²) < 4.78 is 5.35. The number of hydrogen-bond donors (Lipinski definition) is 3. The number of phenols is 1. The predicted molar refractivity (Wildman–Crippen MR) is 99.8 cm³/mol. The molecule has 0 spiro atoms. The normalized spacial score (nSPS) is 15.4. The summed E-state index contributed by atoms with van der Waals surface area (Å²) in [5.41, 5.74) is 0.652. The van der Waals surface area contributed by atoms with Crippen molar-refractivity contribution >= 4 is 52.2 Å². The number of carboxylic acids is 1. The molecule has 2 rings (SSSR count). The summed E-state index contributed by atoms with van der Waals surface area (Å²) in [7, 11) is 1.42. The maximum absolute atomic E-state index is 12.5. The van der Waals surface area contributed by atoms with Crippen molar-refractivity contribution in [2.24, 2.45) is 0 Å². The zero-order valence-electron chi connectivity index (χ0n) is 13.7. The Balaban J connectivity index is 2.04. The van der Waals surface area contributed by atoms with Gasteiger partial charge in [0.25, 0.3) is 5.91 Å². The van der Waals surface area contributed by atoms with Crippen LogP contribution >= 0.6 is 24.0 Å². The maximum Gasteiger partial charge on any atom is 0.322 e. The Hall–Kier alpha value is -2.59. The molecule has 0 unspecified atom stereocenters. The summed E-state index contributed by atoms with van der Waals surface area (Å²) in [6, 6.07) is 4.67. The molecule has 0 aromatic heterocycles. The van der Waals surface area contributed by atoms with E-state index in [0.717, 1.165) is 11.8 Å². The third-order valence-electron chi connectivity index (χ3n) is 3.37. The fourth-order valence-electron chi connectivity index (χ4n) is 2.10. The molecular formula is C16H16N2O6S2. The third-order valence-corrected chi connectivity index (χ3v) is 4.75. The predicted octanol–water partition coefficient (Wildman–Crippen LogP) is 1.19. The van der Waals surface area contributed by atoms with Crippen LogP contribution in [-0.2, 0) is 14.4 Å². The molecule has 1 aromatic rings. The molecule has 138 valence electrons. The first-order chi connectivity index (χ1) is 12.3. The van der Waals surface area contributed by atoms with Gasteiger partial charge in [0, 0.05) is 13.0 Å². The number of hydrogen-bond acceptors (Lipinski definition) is 7. The fourth-order valence-corrected chi connectivity index (χ4v) is 3.41. The minimum absolute atomic E-state index is 0.00966. The third kappa shape index (κ3) is 4.96. The molecule has 0 aliphatic carbocycles. The van der Waals surface area contributed by atoms with Crippen LogP contribution in [0.3, 0.4) is 0 Å². The molecule has 1 aliphatic heterocycles. The zero-order valence-corrected chi connectivity index (χ0v) is 15.4. The highest BCUT2D eigenvalue weighted by molar-refractivity contribution is 8.26. The Bertz CT molecular complexity index is 793. The Kier molecular flexibility index (Phi) is 6.58. The monoisotopic (exact) mass is 396 g/mol. The quantitative estimate of drug-likeness (QED) is 0.465. The van der Waals surface area contributed by atoms with E-state index in [2.05, 4.69) is 5.32 Å². The van der Waals surface area contributed by atoms with Crippen LogP contribution in [0.4, 0.5) is 0 Å². The van der Waals surface area contributed by atoms with Gasteiger partial charge < -0.3 is 20.3 Å². The number of phenolic OH excluding ortho intramolecular Hbond substituents is 1. The molecule has 1 aliphatic rings. The summed E-state index contributed by atoms with van der Waals surface area (Å²) in [5.74, 6) is -1.68. The van der Waals surface area contributed by atoms with Crippen molar-refractivity contribution in [3.63, 3.8) is 0 Å². The smallest absolute Gasteiger partial charge is 0.322 e. The van der Waals surface area contributed by atoms with Gasteiger partial charge in [-0.2, -0.15) is 0 Å². The number of nitrogens with one attached hydrogen (secondary N) is 1. The number of benzene rings is 1. The Labute approximate surface area is 158 Å². The minimum Gasteiger partial charge on any atom is -0.504 e. The van der Waals surface area contributed by atoms with E-state index < -0.39 is 18.4 Å². The van der Waals surface area contributed by atoms with Gasteiger partial charge in [-0.15, -0.1) is 0 Å². The average molecular weight is 396 g/mol. The molecule has 2 amide bonds. The number of amides is 2. The molecule has 1 aromatic carbocycles. The largest absolute Gasteiger partial charge is 0.504 e. The first kappa shape index (κ1) is 19.7. The zero-order chi connectivity index (χ0) is 19.3. The number of aromatic hydroxyl groups is 1. The van der Waals surface area contributed by atoms with Crippen LogP contribution in [0, 0.1) is 0 Å². The highest BCUT2D eigenvalue weighted by atomic mass is 32.2. The highest BCUT2D eigenvalue weighted by Gasteiger charge is 2.32. The van der Waals surface area contributed by atoms with Crippen LogP contribution in [-0.4, -0.2) is 57.4 Å². The molecule has 26 heavy (non-hydrogen) atoms. The fraction of sp³-hybridized carbons (Fsp3) is 0.250. The van der Waals surface area contributed by atoms with Crippen molar-refractivity contribution in [2.45, 2.75) is 6.42 Å². The van der Waals surface area contributed by atoms with Crippen LogP contribution in [0.1, 0.15) is 12.0 Å².